The molecule has 1 fully saturated rings. The SMILES string of the molecule is Cc1cc(C)cc(NC(N)=NCc2ccccc2CN2CCC(O)CC2)c1. The van der Waals surface area contributed by atoms with Gasteiger partial charge in [-0.1, -0.05) is 30.3 Å². The van der Waals surface area contributed by atoms with Crippen LogP contribution in [0.1, 0.15) is 35.1 Å². The molecule has 0 radical (unpaired) electrons. The van der Waals surface area contributed by atoms with E-state index in [1.165, 1.54) is 22.3 Å². The molecule has 5 heteroatoms. The lowest BCUT2D eigenvalue weighted by Gasteiger charge is -2.30. The maximum Gasteiger partial charge on any atom is 0.193 e. The molecule has 27 heavy (non-hydrogen) atoms. The number of aliphatic hydroxyl groups is 1. The molecule has 0 bridgehead atoms. The number of nitrogens with zero attached hydrogens (tertiary/aromatic N) is 2. The van der Waals surface area contributed by atoms with E-state index in [0.29, 0.717) is 12.5 Å². The molecule has 0 amide bonds. The summed E-state index contributed by atoms with van der Waals surface area (Å²) in [5.74, 6) is 0.427. The molecule has 3 rings (SSSR count). The third kappa shape index (κ3) is 5.81. The normalized spacial score (nSPS) is 16.5. The van der Waals surface area contributed by atoms with Crippen molar-refractivity contribution in [3.8, 4) is 0 Å². The van der Waals surface area contributed by atoms with Crippen molar-refractivity contribution in [2.75, 3.05) is 18.4 Å². The molecule has 4 N–H and O–H groups in total. The Bertz CT molecular complexity index is 774. The van der Waals surface area contributed by atoms with Gasteiger partial charge in [0.2, 0.25) is 0 Å². The van der Waals surface area contributed by atoms with Crippen LogP contribution in [-0.4, -0.2) is 35.2 Å². The number of benzene rings is 2. The Kier molecular flexibility index (Phi) is 6.48. The Morgan fingerprint density at radius 3 is 2.41 bits per heavy atom. The molecule has 0 saturated carbocycles. The van der Waals surface area contributed by atoms with Crippen LogP contribution in [0.15, 0.2) is 47.5 Å². The lowest BCUT2D eigenvalue weighted by atomic mass is 10.0. The summed E-state index contributed by atoms with van der Waals surface area (Å²) >= 11 is 0. The second-order valence-corrected chi connectivity index (χ2v) is 7.48. The quantitative estimate of drug-likeness (QED) is 0.561. The third-order valence-corrected chi connectivity index (χ3v) is 4.98. The second kappa shape index (κ2) is 9.02. The van der Waals surface area contributed by atoms with E-state index in [4.69, 9.17) is 5.73 Å². The van der Waals surface area contributed by atoms with E-state index in [-0.39, 0.29) is 6.10 Å². The number of guanidine groups is 1. The van der Waals surface area contributed by atoms with Crippen LogP contribution in [-0.2, 0) is 13.1 Å². The first-order valence-electron chi connectivity index (χ1n) is 9.62. The van der Waals surface area contributed by atoms with E-state index in [9.17, 15) is 5.11 Å². The summed E-state index contributed by atoms with van der Waals surface area (Å²) in [5.41, 5.74) is 11.9. The highest BCUT2D eigenvalue weighted by molar-refractivity contribution is 5.92. The molecule has 1 heterocycles. The number of hydrogen-bond acceptors (Lipinski definition) is 3. The first-order valence-corrected chi connectivity index (χ1v) is 9.62. The highest BCUT2D eigenvalue weighted by atomic mass is 16.3. The van der Waals surface area contributed by atoms with Crippen LogP contribution in [0.4, 0.5) is 5.69 Å². The number of aliphatic imine (C=N–C) groups is 1. The van der Waals surface area contributed by atoms with Crippen molar-refractivity contribution in [1.82, 2.24) is 4.90 Å². The first-order chi connectivity index (χ1) is 13.0. The average Bonchev–Trinajstić information content (AvgIpc) is 2.62. The number of nitrogens with one attached hydrogen (secondary N) is 1. The number of anilines is 1. The maximum atomic E-state index is 9.68. The first kappa shape index (κ1) is 19.4. The van der Waals surface area contributed by atoms with E-state index in [1.807, 2.05) is 6.07 Å². The molecule has 0 atom stereocenters. The van der Waals surface area contributed by atoms with Gasteiger partial charge in [0, 0.05) is 25.3 Å². The van der Waals surface area contributed by atoms with Gasteiger partial charge in [0.05, 0.1) is 12.6 Å². The van der Waals surface area contributed by atoms with E-state index in [2.05, 4.69) is 65.5 Å². The zero-order chi connectivity index (χ0) is 19.2. The van der Waals surface area contributed by atoms with Crippen molar-refractivity contribution in [3.05, 3.63) is 64.7 Å². The summed E-state index contributed by atoms with van der Waals surface area (Å²) < 4.78 is 0. The molecule has 1 saturated heterocycles. The van der Waals surface area contributed by atoms with Crippen molar-refractivity contribution < 1.29 is 5.11 Å². The Hall–Kier alpha value is -2.37. The third-order valence-electron chi connectivity index (χ3n) is 4.98. The van der Waals surface area contributed by atoms with E-state index in [1.54, 1.807) is 0 Å². The van der Waals surface area contributed by atoms with Crippen molar-refractivity contribution in [1.29, 1.82) is 0 Å². The Morgan fingerprint density at radius 2 is 1.74 bits per heavy atom. The summed E-state index contributed by atoms with van der Waals surface area (Å²) in [6, 6.07) is 14.6. The highest BCUT2D eigenvalue weighted by Crippen LogP contribution is 2.18. The molecule has 2 aromatic rings. The van der Waals surface area contributed by atoms with Gasteiger partial charge >= 0.3 is 0 Å². The molecule has 0 unspecified atom stereocenters. The fourth-order valence-electron chi connectivity index (χ4n) is 3.59. The highest BCUT2D eigenvalue weighted by Gasteiger charge is 2.17. The van der Waals surface area contributed by atoms with Crippen molar-refractivity contribution >= 4 is 11.6 Å². The summed E-state index contributed by atoms with van der Waals surface area (Å²) in [7, 11) is 0. The number of aliphatic hydroxyl groups excluding tert-OH is 1. The van der Waals surface area contributed by atoms with Crippen molar-refractivity contribution in [3.63, 3.8) is 0 Å². The molecule has 0 aliphatic carbocycles. The topological polar surface area (TPSA) is 73.9 Å². The fraction of sp³-hybridized carbons (Fsp3) is 0.409. The minimum absolute atomic E-state index is 0.141. The predicted octanol–water partition coefficient (Wildman–Crippen LogP) is 3.19. The lowest BCUT2D eigenvalue weighted by Crippen LogP contribution is -2.35. The monoisotopic (exact) mass is 366 g/mol. The minimum Gasteiger partial charge on any atom is -0.393 e. The number of rotatable bonds is 5. The summed E-state index contributed by atoms with van der Waals surface area (Å²) in [6.45, 7) is 7.46. The van der Waals surface area contributed by atoms with Gasteiger partial charge in [-0.2, -0.15) is 0 Å². The molecule has 0 spiro atoms. The second-order valence-electron chi connectivity index (χ2n) is 7.48. The predicted molar refractivity (Wildman–Crippen MR) is 112 cm³/mol. The Morgan fingerprint density at radius 1 is 1.11 bits per heavy atom. The van der Waals surface area contributed by atoms with Crippen LogP contribution in [0, 0.1) is 13.8 Å². The fourth-order valence-corrected chi connectivity index (χ4v) is 3.59. The number of hydrogen-bond donors (Lipinski definition) is 3. The van der Waals surface area contributed by atoms with Gasteiger partial charge in [-0.3, -0.25) is 4.90 Å². The molecular weight excluding hydrogens is 336 g/mol. The maximum absolute atomic E-state index is 9.68. The Labute approximate surface area is 161 Å². The number of likely N-dealkylation sites (tertiary alicyclic amines) is 1. The smallest absolute Gasteiger partial charge is 0.193 e. The molecule has 1 aliphatic rings. The summed E-state index contributed by atoms with van der Waals surface area (Å²) in [6.07, 6.45) is 1.57. The molecule has 2 aromatic carbocycles. The van der Waals surface area contributed by atoms with Gasteiger partial charge in [-0.25, -0.2) is 4.99 Å². The molecule has 0 aromatic heterocycles. The molecule has 144 valence electrons. The van der Waals surface area contributed by atoms with Gasteiger partial charge < -0.3 is 16.2 Å². The largest absolute Gasteiger partial charge is 0.393 e. The van der Waals surface area contributed by atoms with Gasteiger partial charge in [-0.15, -0.1) is 0 Å². The van der Waals surface area contributed by atoms with Gasteiger partial charge in [-0.05, 0) is 61.1 Å². The number of piperidine rings is 1. The van der Waals surface area contributed by atoms with E-state index < -0.39 is 0 Å². The zero-order valence-corrected chi connectivity index (χ0v) is 16.3. The van der Waals surface area contributed by atoms with E-state index in [0.717, 1.165) is 38.2 Å². The molecular formula is C22H30N4O. The number of nitrogens with two attached hydrogens (primary N) is 1. The van der Waals surface area contributed by atoms with Gasteiger partial charge in [0.1, 0.15) is 0 Å². The lowest BCUT2D eigenvalue weighted by molar-refractivity contribution is 0.0791. The molecule has 1 aliphatic heterocycles. The molecule has 5 nitrogen and oxygen atoms in total. The van der Waals surface area contributed by atoms with Crippen LogP contribution in [0.5, 0.6) is 0 Å². The Balaban J connectivity index is 1.63. The van der Waals surface area contributed by atoms with Crippen molar-refractivity contribution in [2.45, 2.75) is 45.9 Å². The number of aryl methyl sites for hydroxylation is 2. The standard InChI is InChI=1S/C22H30N4O/c1-16-11-17(2)13-20(12-16)25-22(23)24-14-18-5-3-4-6-19(18)15-26-9-7-21(27)8-10-26/h3-6,11-13,21,27H,7-10,14-15H2,1-2H3,(H3,23,24,25). The van der Waals surface area contributed by atoms with Crippen LogP contribution in [0.2, 0.25) is 0 Å². The zero-order valence-electron chi connectivity index (χ0n) is 16.3. The average molecular weight is 367 g/mol. The van der Waals surface area contributed by atoms with Crippen LogP contribution >= 0.6 is 0 Å². The summed E-state index contributed by atoms with van der Waals surface area (Å²) in [5, 5.41) is 12.9. The summed E-state index contributed by atoms with van der Waals surface area (Å²) in [4.78, 5) is 6.93. The van der Waals surface area contributed by atoms with Gasteiger partial charge in [0.25, 0.3) is 0 Å². The van der Waals surface area contributed by atoms with Crippen LogP contribution in [0.3, 0.4) is 0 Å². The van der Waals surface area contributed by atoms with Crippen LogP contribution < -0.4 is 11.1 Å². The minimum atomic E-state index is -0.141. The van der Waals surface area contributed by atoms with Crippen LogP contribution in [0.25, 0.3) is 0 Å². The van der Waals surface area contributed by atoms with Gasteiger partial charge in [0.15, 0.2) is 5.96 Å². The van der Waals surface area contributed by atoms with E-state index >= 15 is 0 Å². The van der Waals surface area contributed by atoms with Crippen molar-refractivity contribution in [2.24, 2.45) is 10.7 Å².